The van der Waals surface area contributed by atoms with E-state index in [-0.39, 0.29) is 10.3 Å². The van der Waals surface area contributed by atoms with Crippen molar-refractivity contribution in [3.63, 3.8) is 0 Å². The van der Waals surface area contributed by atoms with Gasteiger partial charge in [0.2, 0.25) is 5.91 Å². The zero-order valence-corrected chi connectivity index (χ0v) is 12.0. The van der Waals surface area contributed by atoms with Crippen molar-refractivity contribution in [2.75, 3.05) is 5.32 Å². The number of para-hydroxylation sites is 1. The summed E-state index contributed by atoms with van der Waals surface area (Å²) >= 11 is 0. The molecule has 1 aromatic carbocycles. The first kappa shape index (κ1) is 17.4. The highest BCUT2D eigenvalue weighted by Gasteiger charge is 2.28. The number of anilines is 1. The molecule has 1 amide bonds. The highest BCUT2D eigenvalue weighted by molar-refractivity contribution is 5.90. The van der Waals surface area contributed by atoms with Crippen LogP contribution in [0.5, 0.6) is 0 Å². The van der Waals surface area contributed by atoms with Crippen LogP contribution in [0.3, 0.4) is 0 Å². The highest BCUT2D eigenvalue weighted by atomic mass is 19.4. The van der Waals surface area contributed by atoms with Gasteiger partial charge in [0.1, 0.15) is 18.9 Å². The van der Waals surface area contributed by atoms with Gasteiger partial charge in [-0.25, -0.2) is 4.39 Å². The fraction of sp³-hybridized carbons (Fsp3) is 0.214. The molecule has 0 radical (unpaired) electrons. The van der Waals surface area contributed by atoms with Gasteiger partial charge in [-0.05, 0) is 12.1 Å². The Hall–Kier alpha value is -2.91. The van der Waals surface area contributed by atoms with Crippen LogP contribution in [0.2, 0.25) is 0 Å². The molecule has 0 saturated carbocycles. The van der Waals surface area contributed by atoms with E-state index >= 15 is 0 Å². The molecule has 0 unspecified atom stereocenters. The summed E-state index contributed by atoms with van der Waals surface area (Å²) in [6, 6.07) is 5.29. The minimum Gasteiger partial charge on any atom is -0.322 e. The number of carbonyl (C=O) groups excluding carboxylic acids is 1. The molecule has 0 aliphatic rings. The van der Waals surface area contributed by atoms with E-state index in [9.17, 15) is 31.9 Å². The number of halogens is 4. The summed E-state index contributed by atoms with van der Waals surface area (Å²) < 4.78 is 51.1. The van der Waals surface area contributed by atoms with Crippen LogP contribution in [-0.2, 0) is 17.9 Å². The number of hydrogen-bond acceptors (Lipinski definition) is 3. The highest BCUT2D eigenvalue weighted by Crippen LogP contribution is 2.15. The number of benzene rings is 1. The number of alkyl halides is 3. The van der Waals surface area contributed by atoms with Gasteiger partial charge in [-0.15, -0.1) is 0 Å². The molecular weight excluding hydrogens is 334 g/mol. The molecule has 10 heteroatoms. The number of nitrogens with one attached hydrogen (secondary N) is 1. The van der Waals surface area contributed by atoms with Gasteiger partial charge >= 0.3 is 17.3 Å². The number of amides is 1. The van der Waals surface area contributed by atoms with Gasteiger partial charge in [-0.2, -0.15) is 13.2 Å². The van der Waals surface area contributed by atoms with E-state index in [2.05, 4.69) is 5.32 Å². The maximum Gasteiger partial charge on any atom is 0.406 e. The molecule has 24 heavy (non-hydrogen) atoms. The normalized spacial score (nSPS) is 11.3. The number of nitrogens with zero attached hydrogens (tertiary/aromatic N) is 2. The van der Waals surface area contributed by atoms with Crippen molar-refractivity contribution in [3.8, 4) is 0 Å². The second-order valence-corrected chi connectivity index (χ2v) is 4.81. The Morgan fingerprint density at radius 2 is 1.62 bits per heavy atom. The van der Waals surface area contributed by atoms with Gasteiger partial charge in [-0.3, -0.25) is 19.0 Å². The number of rotatable bonds is 4. The Morgan fingerprint density at radius 1 is 1.04 bits per heavy atom. The molecule has 0 aliphatic carbocycles. The van der Waals surface area contributed by atoms with Gasteiger partial charge < -0.3 is 9.88 Å². The van der Waals surface area contributed by atoms with Crippen molar-refractivity contribution in [2.45, 2.75) is 19.3 Å². The first-order valence-electron chi connectivity index (χ1n) is 6.58. The topological polar surface area (TPSA) is 73.1 Å². The van der Waals surface area contributed by atoms with Crippen molar-refractivity contribution in [1.82, 2.24) is 9.13 Å². The van der Waals surface area contributed by atoms with Crippen LogP contribution in [-0.4, -0.2) is 21.2 Å². The fourth-order valence-electron chi connectivity index (χ4n) is 1.89. The van der Waals surface area contributed by atoms with Crippen LogP contribution in [0, 0.1) is 5.82 Å². The summed E-state index contributed by atoms with van der Waals surface area (Å²) in [6.07, 6.45) is -3.02. The van der Waals surface area contributed by atoms with Crippen molar-refractivity contribution < 1.29 is 22.4 Å². The molecule has 0 aliphatic heterocycles. The molecule has 1 heterocycles. The lowest BCUT2D eigenvalue weighted by Crippen LogP contribution is -2.43. The van der Waals surface area contributed by atoms with Crippen molar-refractivity contribution in [1.29, 1.82) is 0 Å². The minimum absolute atomic E-state index is 0.124. The van der Waals surface area contributed by atoms with Crippen LogP contribution in [0.4, 0.5) is 23.2 Å². The van der Waals surface area contributed by atoms with E-state index in [0.717, 1.165) is 18.5 Å². The van der Waals surface area contributed by atoms with E-state index in [4.69, 9.17) is 0 Å². The second kappa shape index (κ2) is 6.69. The standard InChI is InChI=1S/C14H11F4N3O3/c15-9-3-1-2-4-10(9)19-11(22)7-20-5-6-21(8-14(16,17)18)13(24)12(20)23/h1-6H,7-8H2,(H,19,22). The number of carbonyl (C=O) groups is 1. The van der Waals surface area contributed by atoms with Gasteiger partial charge in [-0.1, -0.05) is 12.1 Å². The third kappa shape index (κ3) is 4.31. The lowest BCUT2D eigenvalue weighted by molar-refractivity contribution is -0.141. The third-order valence-electron chi connectivity index (χ3n) is 2.94. The monoisotopic (exact) mass is 345 g/mol. The predicted molar refractivity (Wildman–Crippen MR) is 76.0 cm³/mol. The summed E-state index contributed by atoms with van der Waals surface area (Å²) in [5.74, 6) is -1.51. The van der Waals surface area contributed by atoms with Gasteiger partial charge in [0.25, 0.3) is 0 Å². The predicted octanol–water partition coefficient (Wildman–Crippen LogP) is 1.35. The number of hydrogen-bond donors (Lipinski definition) is 1. The Morgan fingerprint density at radius 3 is 2.25 bits per heavy atom. The molecule has 0 saturated heterocycles. The van der Waals surface area contributed by atoms with Crippen LogP contribution in [0.15, 0.2) is 46.2 Å². The van der Waals surface area contributed by atoms with Crippen molar-refractivity contribution >= 4 is 11.6 Å². The average Bonchev–Trinajstić information content (AvgIpc) is 2.48. The van der Waals surface area contributed by atoms with E-state index in [1.54, 1.807) is 0 Å². The SMILES string of the molecule is O=C(Cn1ccn(CC(F)(F)F)c(=O)c1=O)Nc1ccccc1F. The largest absolute Gasteiger partial charge is 0.406 e. The second-order valence-electron chi connectivity index (χ2n) is 4.81. The molecular formula is C14H11F4N3O3. The Balaban J connectivity index is 2.17. The summed E-state index contributed by atoms with van der Waals surface area (Å²) in [5, 5.41) is 2.20. The molecule has 1 aromatic heterocycles. The van der Waals surface area contributed by atoms with Crippen LogP contribution in [0.1, 0.15) is 0 Å². The Labute approximate surface area is 132 Å². The zero-order chi connectivity index (χ0) is 17.9. The molecule has 2 rings (SSSR count). The molecule has 0 bridgehead atoms. The summed E-state index contributed by atoms with van der Waals surface area (Å²) in [4.78, 5) is 35.1. The third-order valence-corrected chi connectivity index (χ3v) is 2.94. The van der Waals surface area contributed by atoms with Crippen LogP contribution >= 0.6 is 0 Å². The van der Waals surface area contributed by atoms with E-state index in [1.165, 1.54) is 18.2 Å². The molecule has 0 atom stereocenters. The summed E-state index contributed by atoms with van der Waals surface area (Å²) in [6.45, 7) is -2.25. The first-order valence-corrected chi connectivity index (χ1v) is 6.58. The lowest BCUT2D eigenvalue weighted by Gasteiger charge is -2.11. The van der Waals surface area contributed by atoms with Crippen molar-refractivity contribution in [3.05, 3.63) is 63.2 Å². The Kier molecular flexibility index (Phi) is 4.86. The molecule has 0 spiro atoms. The smallest absolute Gasteiger partial charge is 0.322 e. The van der Waals surface area contributed by atoms with E-state index < -0.39 is 42.1 Å². The average molecular weight is 345 g/mol. The van der Waals surface area contributed by atoms with Gasteiger partial charge in [0.15, 0.2) is 0 Å². The zero-order valence-electron chi connectivity index (χ0n) is 12.0. The lowest BCUT2D eigenvalue weighted by atomic mass is 10.3. The molecule has 2 aromatic rings. The van der Waals surface area contributed by atoms with E-state index in [0.29, 0.717) is 4.57 Å². The fourth-order valence-corrected chi connectivity index (χ4v) is 1.89. The van der Waals surface area contributed by atoms with Crippen LogP contribution < -0.4 is 16.4 Å². The Bertz CT molecular complexity index is 871. The molecule has 1 N–H and O–H groups in total. The van der Waals surface area contributed by atoms with Gasteiger partial charge in [0, 0.05) is 12.4 Å². The molecule has 0 fully saturated rings. The molecule has 128 valence electrons. The first-order chi connectivity index (χ1) is 11.2. The number of aromatic nitrogens is 2. The maximum atomic E-state index is 13.4. The quantitative estimate of drug-likeness (QED) is 0.672. The van der Waals surface area contributed by atoms with Crippen molar-refractivity contribution in [2.24, 2.45) is 0 Å². The van der Waals surface area contributed by atoms with Gasteiger partial charge in [0.05, 0.1) is 5.69 Å². The van der Waals surface area contributed by atoms with Crippen LogP contribution in [0.25, 0.3) is 0 Å². The maximum absolute atomic E-state index is 13.4. The minimum atomic E-state index is -4.66. The summed E-state index contributed by atoms with van der Waals surface area (Å²) in [7, 11) is 0. The molecule has 6 nitrogen and oxygen atoms in total. The summed E-state index contributed by atoms with van der Waals surface area (Å²) in [5.41, 5.74) is -2.82. The van der Waals surface area contributed by atoms with E-state index in [1.807, 2.05) is 0 Å².